The number of nitrogens with one attached hydrogen (secondary N) is 2. The number of imidazole rings is 1. The first-order valence-electron chi connectivity index (χ1n) is 6.28. The van der Waals surface area contributed by atoms with Gasteiger partial charge in [-0.25, -0.2) is 4.98 Å². The summed E-state index contributed by atoms with van der Waals surface area (Å²) in [6, 6.07) is 5.59. The predicted molar refractivity (Wildman–Crippen MR) is 73.4 cm³/mol. The van der Waals surface area contributed by atoms with E-state index in [9.17, 15) is 5.11 Å². The minimum absolute atomic E-state index is 0.163. The van der Waals surface area contributed by atoms with Gasteiger partial charge in [-0.15, -0.1) is 0 Å². The average Bonchev–Trinajstić information content (AvgIpc) is 2.92. The van der Waals surface area contributed by atoms with Crippen molar-refractivity contribution in [1.29, 1.82) is 0 Å². The molecule has 0 radical (unpaired) electrons. The number of phenols is 1. The van der Waals surface area contributed by atoms with Gasteiger partial charge >= 0.3 is 0 Å². The fourth-order valence-electron chi connectivity index (χ4n) is 1.93. The van der Waals surface area contributed by atoms with E-state index >= 15 is 0 Å². The Balaban J connectivity index is 1.90. The molecule has 0 amide bonds. The largest absolute Gasteiger partial charge is 0.504 e. The topological polar surface area (TPSA) is 70.2 Å². The van der Waals surface area contributed by atoms with Crippen molar-refractivity contribution in [3.8, 4) is 11.5 Å². The molecule has 102 valence electrons. The van der Waals surface area contributed by atoms with Crippen molar-refractivity contribution in [2.45, 2.75) is 19.4 Å². The Kier molecular flexibility index (Phi) is 4.41. The second-order valence-corrected chi connectivity index (χ2v) is 4.43. The van der Waals surface area contributed by atoms with E-state index in [0.717, 1.165) is 24.2 Å². The Morgan fingerprint density at radius 3 is 3.00 bits per heavy atom. The molecule has 5 heteroatoms. The molecule has 2 rings (SSSR count). The van der Waals surface area contributed by atoms with Gasteiger partial charge in [-0.3, -0.25) is 0 Å². The maximum absolute atomic E-state index is 9.56. The third-order valence-corrected chi connectivity index (χ3v) is 3.10. The Morgan fingerprint density at radius 1 is 1.47 bits per heavy atom. The van der Waals surface area contributed by atoms with Gasteiger partial charge in [0.2, 0.25) is 0 Å². The lowest BCUT2D eigenvalue weighted by molar-refractivity contribution is 0.372. The number of aromatic amines is 1. The number of aromatic hydroxyl groups is 1. The third kappa shape index (κ3) is 3.48. The molecule has 0 aliphatic heterocycles. The number of ether oxygens (including phenoxy) is 1. The van der Waals surface area contributed by atoms with Crippen molar-refractivity contribution in [2.75, 3.05) is 13.7 Å². The van der Waals surface area contributed by atoms with Crippen molar-refractivity contribution in [2.24, 2.45) is 0 Å². The van der Waals surface area contributed by atoms with E-state index in [0.29, 0.717) is 5.75 Å². The van der Waals surface area contributed by atoms with Gasteiger partial charge in [0.05, 0.1) is 13.4 Å². The smallest absolute Gasteiger partial charge is 0.160 e. The molecule has 1 aromatic carbocycles. The highest BCUT2D eigenvalue weighted by Gasteiger charge is 2.08. The molecule has 0 fully saturated rings. The Bertz CT molecular complexity index is 511. The summed E-state index contributed by atoms with van der Waals surface area (Å²) in [7, 11) is 1.55. The molecular weight excluding hydrogens is 242 g/mol. The lowest BCUT2D eigenvalue weighted by atomic mass is 10.1. The van der Waals surface area contributed by atoms with Crippen LogP contribution in [0.15, 0.2) is 30.7 Å². The number of hydrogen-bond acceptors (Lipinski definition) is 4. The zero-order valence-electron chi connectivity index (χ0n) is 11.2. The SMILES string of the molecule is COc1cc(C(C)NCCc2cnc[nH]2)ccc1O. The van der Waals surface area contributed by atoms with Crippen LogP contribution in [0.3, 0.4) is 0 Å². The van der Waals surface area contributed by atoms with Crippen molar-refractivity contribution in [3.05, 3.63) is 42.0 Å². The first kappa shape index (κ1) is 13.4. The van der Waals surface area contributed by atoms with Crippen LogP contribution < -0.4 is 10.1 Å². The van der Waals surface area contributed by atoms with Crippen molar-refractivity contribution < 1.29 is 9.84 Å². The standard InChI is InChI=1S/C14H19N3O2/c1-10(16-6-5-12-8-15-9-17-12)11-3-4-13(18)14(7-11)19-2/h3-4,7-10,16,18H,5-6H2,1-2H3,(H,15,17). The van der Waals surface area contributed by atoms with Crippen LogP contribution >= 0.6 is 0 Å². The monoisotopic (exact) mass is 261 g/mol. The quantitative estimate of drug-likeness (QED) is 0.744. The summed E-state index contributed by atoms with van der Waals surface area (Å²) in [6.45, 7) is 2.94. The van der Waals surface area contributed by atoms with E-state index in [-0.39, 0.29) is 11.8 Å². The van der Waals surface area contributed by atoms with E-state index < -0.39 is 0 Å². The van der Waals surface area contributed by atoms with Gasteiger partial charge in [-0.2, -0.15) is 0 Å². The molecule has 1 unspecified atom stereocenters. The molecule has 0 aliphatic rings. The Morgan fingerprint density at radius 2 is 2.32 bits per heavy atom. The van der Waals surface area contributed by atoms with Gasteiger partial charge in [0, 0.05) is 30.9 Å². The first-order valence-corrected chi connectivity index (χ1v) is 6.28. The van der Waals surface area contributed by atoms with E-state index in [2.05, 4.69) is 22.2 Å². The van der Waals surface area contributed by atoms with Gasteiger partial charge < -0.3 is 20.1 Å². The molecule has 2 aromatic rings. The summed E-state index contributed by atoms with van der Waals surface area (Å²) in [5.74, 6) is 0.663. The Labute approximate surface area is 112 Å². The summed E-state index contributed by atoms with van der Waals surface area (Å²) < 4.78 is 5.11. The highest BCUT2D eigenvalue weighted by Crippen LogP contribution is 2.28. The first-order chi connectivity index (χ1) is 9.20. The van der Waals surface area contributed by atoms with E-state index in [1.54, 1.807) is 19.5 Å². The van der Waals surface area contributed by atoms with Gasteiger partial charge in [0.25, 0.3) is 0 Å². The second-order valence-electron chi connectivity index (χ2n) is 4.43. The van der Waals surface area contributed by atoms with Crippen LogP contribution in [-0.2, 0) is 6.42 Å². The highest BCUT2D eigenvalue weighted by atomic mass is 16.5. The Hall–Kier alpha value is -2.01. The number of hydrogen-bond donors (Lipinski definition) is 3. The molecule has 0 saturated heterocycles. The van der Waals surface area contributed by atoms with Crippen LogP contribution in [0.1, 0.15) is 24.2 Å². The van der Waals surface area contributed by atoms with Crippen LogP contribution in [0.2, 0.25) is 0 Å². The van der Waals surface area contributed by atoms with Crippen molar-refractivity contribution in [3.63, 3.8) is 0 Å². The molecule has 1 aromatic heterocycles. The maximum atomic E-state index is 9.56. The zero-order valence-corrected chi connectivity index (χ0v) is 11.2. The fourth-order valence-corrected chi connectivity index (χ4v) is 1.93. The predicted octanol–water partition coefficient (Wildman–Crippen LogP) is 2.02. The zero-order chi connectivity index (χ0) is 13.7. The second kappa shape index (κ2) is 6.24. The fraction of sp³-hybridized carbons (Fsp3) is 0.357. The normalized spacial score (nSPS) is 12.3. The number of nitrogens with zero attached hydrogens (tertiary/aromatic N) is 1. The van der Waals surface area contributed by atoms with Crippen molar-refractivity contribution >= 4 is 0 Å². The summed E-state index contributed by atoms with van der Waals surface area (Å²) in [4.78, 5) is 7.06. The lowest BCUT2D eigenvalue weighted by Gasteiger charge is -2.15. The van der Waals surface area contributed by atoms with Crippen LogP contribution in [0.25, 0.3) is 0 Å². The summed E-state index contributed by atoms with van der Waals surface area (Å²) in [5.41, 5.74) is 2.20. The van der Waals surface area contributed by atoms with Gasteiger partial charge in [-0.1, -0.05) is 6.07 Å². The molecule has 1 atom stereocenters. The number of rotatable bonds is 6. The van der Waals surface area contributed by atoms with E-state index in [1.807, 2.05) is 18.3 Å². The van der Waals surface area contributed by atoms with Gasteiger partial charge in [0.15, 0.2) is 11.5 Å². The van der Waals surface area contributed by atoms with Crippen LogP contribution in [0, 0.1) is 0 Å². The molecule has 5 nitrogen and oxygen atoms in total. The lowest BCUT2D eigenvalue weighted by Crippen LogP contribution is -2.21. The molecule has 0 spiro atoms. The molecule has 3 N–H and O–H groups in total. The maximum Gasteiger partial charge on any atom is 0.160 e. The molecular formula is C14H19N3O2. The number of H-pyrrole nitrogens is 1. The van der Waals surface area contributed by atoms with Gasteiger partial charge in [-0.05, 0) is 24.6 Å². The van der Waals surface area contributed by atoms with Crippen LogP contribution in [0.4, 0.5) is 0 Å². The number of methoxy groups -OCH3 is 1. The minimum Gasteiger partial charge on any atom is -0.504 e. The minimum atomic E-state index is 0.163. The highest BCUT2D eigenvalue weighted by molar-refractivity contribution is 5.42. The molecule has 0 saturated carbocycles. The summed E-state index contributed by atoms with van der Waals surface area (Å²) >= 11 is 0. The number of benzene rings is 1. The third-order valence-electron chi connectivity index (χ3n) is 3.10. The van der Waals surface area contributed by atoms with Gasteiger partial charge in [0.1, 0.15) is 0 Å². The summed E-state index contributed by atoms with van der Waals surface area (Å²) in [6.07, 6.45) is 4.42. The molecule has 0 bridgehead atoms. The molecule has 19 heavy (non-hydrogen) atoms. The van der Waals surface area contributed by atoms with E-state index in [4.69, 9.17) is 4.74 Å². The summed E-state index contributed by atoms with van der Waals surface area (Å²) in [5, 5.41) is 13.0. The number of phenolic OH excluding ortho intramolecular Hbond substituents is 1. The number of aromatic nitrogens is 2. The van der Waals surface area contributed by atoms with E-state index in [1.165, 1.54) is 0 Å². The van der Waals surface area contributed by atoms with Crippen LogP contribution in [0.5, 0.6) is 11.5 Å². The molecule has 1 heterocycles. The van der Waals surface area contributed by atoms with Crippen LogP contribution in [-0.4, -0.2) is 28.7 Å². The van der Waals surface area contributed by atoms with Crippen molar-refractivity contribution in [1.82, 2.24) is 15.3 Å². The average molecular weight is 261 g/mol. The molecule has 0 aliphatic carbocycles.